The van der Waals surface area contributed by atoms with Gasteiger partial charge in [0.25, 0.3) is 17.9 Å². The van der Waals surface area contributed by atoms with Crippen molar-refractivity contribution in [1.29, 1.82) is 0 Å². The molecule has 25 heavy (non-hydrogen) atoms. The highest BCUT2D eigenvalue weighted by Crippen LogP contribution is 2.37. The van der Waals surface area contributed by atoms with Gasteiger partial charge in [-0.25, -0.2) is 17.6 Å². The fraction of sp³-hybridized carbons (Fsp3) is 0.231. The van der Waals surface area contributed by atoms with Crippen molar-refractivity contribution in [2.45, 2.75) is 19.1 Å². The zero-order valence-corrected chi connectivity index (χ0v) is 12.7. The zero-order chi connectivity index (χ0) is 18.9. The highest BCUT2D eigenvalue weighted by Gasteiger charge is 2.37. The fourth-order valence-electron chi connectivity index (χ4n) is 1.82. The lowest BCUT2D eigenvalue weighted by atomic mass is 10.3. The molecule has 0 saturated heterocycles. The molecular formula is C13H7F7N2O2S. The monoisotopic (exact) mass is 388 g/mol. The van der Waals surface area contributed by atoms with Gasteiger partial charge < -0.3 is 9.88 Å². The van der Waals surface area contributed by atoms with Crippen molar-refractivity contribution in [2.75, 3.05) is 5.32 Å². The van der Waals surface area contributed by atoms with Gasteiger partial charge in [0.05, 0.1) is 17.1 Å². The normalized spacial score (nSPS) is 11.8. The summed E-state index contributed by atoms with van der Waals surface area (Å²) in [6, 6.07) is 0.852. The third kappa shape index (κ3) is 4.38. The van der Waals surface area contributed by atoms with Gasteiger partial charge in [-0.1, -0.05) is 0 Å². The first kappa shape index (κ1) is 19.0. The average Bonchev–Trinajstić information content (AvgIpc) is 2.86. The van der Waals surface area contributed by atoms with Gasteiger partial charge in [0, 0.05) is 12.3 Å². The van der Waals surface area contributed by atoms with Gasteiger partial charge in [-0.3, -0.25) is 9.59 Å². The molecule has 136 valence electrons. The van der Waals surface area contributed by atoms with E-state index in [9.17, 15) is 40.3 Å². The van der Waals surface area contributed by atoms with E-state index in [2.05, 4.69) is 0 Å². The van der Waals surface area contributed by atoms with Crippen LogP contribution >= 0.6 is 11.3 Å². The first-order valence-electron chi connectivity index (χ1n) is 6.35. The van der Waals surface area contributed by atoms with Crippen molar-refractivity contribution in [3.05, 3.63) is 50.1 Å². The maximum absolute atomic E-state index is 13.4. The van der Waals surface area contributed by atoms with Crippen LogP contribution < -0.4 is 10.9 Å². The molecule has 0 aliphatic carbocycles. The number of nitrogens with zero attached hydrogens (tertiary/aromatic N) is 1. The van der Waals surface area contributed by atoms with Crippen LogP contribution in [0, 0.1) is 11.6 Å². The zero-order valence-electron chi connectivity index (χ0n) is 11.8. The van der Waals surface area contributed by atoms with E-state index < -0.39 is 57.7 Å². The van der Waals surface area contributed by atoms with Gasteiger partial charge in [0.15, 0.2) is 5.82 Å². The molecule has 0 aliphatic heterocycles. The number of amides is 1. The number of halogens is 7. The number of thiophene rings is 1. The van der Waals surface area contributed by atoms with Crippen molar-refractivity contribution in [3.63, 3.8) is 0 Å². The average molecular weight is 388 g/mol. The lowest BCUT2D eigenvalue weighted by Crippen LogP contribution is -2.26. The third-order valence-electron chi connectivity index (χ3n) is 2.80. The van der Waals surface area contributed by atoms with Crippen molar-refractivity contribution < 1.29 is 35.5 Å². The first-order valence-corrected chi connectivity index (χ1v) is 7.16. The minimum Gasteiger partial charge on any atom is -0.320 e. The predicted molar refractivity (Wildman–Crippen MR) is 73.9 cm³/mol. The maximum atomic E-state index is 13.4. The van der Waals surface area contributed by atoms with Gasteiger partial charge in [-0.05, 0) is 6.07 Å². The minimum atomic E-state index is -5.00. The van der Waals surface area contributed by atoms with Crippen LogP contribution in [0.2, 0.25) is 0 Å². The molecule has 0 aliphatic rings. The van der Waals surface area contributed by atoms with Crippen LogP contribution in [0.4, 0.5) is 36.4 Å². The largest absolute Gasteiger partial charge is 0.428 e. The SMILES string of the molecule is O=C(Nc1cc(F)c(=O)n(CC(F)F)c1)c1cc(F)c(C(F)(F)F)s1. The highest BCUT2D eigenvalue weighted by molar-refractivity contribution is 7.14. The number of pyridine rings is 1. The van der Waals surface area contributed by atoms with Crippen LogP contribution in [0.5, 0.6) is 0 Å². The van der Waals surface area contributed by atoms with Crippen LogP contribution in [0.15, 0.2) is 23.1 Å². The number of hydrogen-bond acceptors (Lipinski definition) is 3. The molecule has 0 radical (unpaired) electrons. The van der Waals surface area contributed by atoms with Crippen LogP contribution in [-0.2, 0) is 12.7 Å². The Hall–Kier alpha value is -2.37. The van der Waals surface area contributed by atoms with Gasteiger partial charge >= 0.3 is 6.18 Å². The van der Waals surface area contributed by atoms with E-state index in [1.807, 2.05) is 5.32 Å². The van der Waals surface area contributed by atoms with E-state index >= 15 is 0 Å². The Bertz CT molecular complexity index is 857. The van der Waals surface area contributed by atoms with Crippen molar-refractivity contribution in [3.8, 4) is 0 Å². The molecule has 2 aromatic rings. The van der Waals surface area contributed by atoms with E-state index in [0.29, 0.717) is 22.9 Å². The Kier molecular flexibility index (Phi) is 5.20. The van der Waals surface area contributed by atoms with Gasteiger partial charge in [0.1, 0.15) is 10.7 Å². The van der Waals surface area contributed by atoms with Crippen molar-refractivity contribution >= 4 is 22.9 Å². The quantitative estimate of drug-likeness (QED) is 0.812. The standard InChI is InChI=1S/C13H7F7N2O2S/c14-6-2-8(25-10(6)13(18,19)20)11(23)21-5-1-7(15)12(24)22(3-5)4-9(16)17/h1-3,9H,4H2,(H,21,23). The van der Waals surface area contributed by atoms with E-state index in [1.165, 1.54) is 0 Å². The molecule has 2 rings (SSSR count). The van der Waals surface area contributed by atoms with E-state index in [1.54, 1.807) is 0 Å². The summed E-state index contributed by atoms with van der Waals surface area (Å²) >= 11 is -0.178. The topological polar surface area (TPSA) is 51.1 Å². The molecule has 4 nitrogen and oxygen atoms in total. The summed E-state index contributed by atoms with van der Waals surface area (Å²) in [7, 11) is 0. The Balaban J connectivity index is 2.29. The lowest BCUT2D eigenvalue weighted by molar-refractivity contribution is -0.136. The number of aromatic nitrogens is 1. The number of nitrogens with one attached hydrogen (secondary N) is 1. The Morgan fingerprint density at radius 1 is 1.20 bits per heavy atom. The molecule has 0 spiro atoms. The van der Waals surface area contributed by atoms with E-state index in [-0.39, 0.29) is 11.3 Å². The second-order valence-electron chi connectivity index (χ2n) is 4.66. The van der Waals surface area contributed by atoms with Crippen LogP contribution in [0.1, 0.15) is 14.5 Å². The molecule has 0 saturated carbocycles. The summed E-state index contributed by atoms with van der Waals surface area (Å²) in [6.07, 6.45) is -7.28. The highest BCUT2D eigenvalue weighted by atomic mass is 32.1. The van der Waals surface area contributed by atoms with Gasteiger partial charge in [-0.2, -0.15) is 13.2 Å². The molecule has 2 aromatic heterocycles. The molecule has 0 atom stereocenters. The molecule has 1 amide bonds. The van der Waals surface area contributed by atoms with E-state index in [4.69, 9.17) is 0 Å². The number of carbonyl (C=O) groups excluding carboxylic acids is 1. The molecule has 2 heterocycles. The number of hydrogen-bond donors (Lipinski definition) is 1. The summed E-state index contributed by atoms with van der Waals surface area (Å²) in [5.74, 6) is -4.33. The summed E-state index contributed by atoms with van der Waals surface area (Å²) in [5, 5.41) is 1.92. The molecule has 0 aromatic carbocycles. The first-order chi connectivity index (χ1) is 11.5. The Morgan fingerprint density at radius 3 is 2.36 bits per heavy atom. The van der Waals surface area contributed by atoms with Crippen molar-refractivity contribution in [2.24, 2.45) is 0 Å². The lowest BCUT2D eigenvalue weighted by Gasteiger charge is -2.09. The van der Waals surface area contributed by atoms with Crippen LogP contribution in [0.3, 0.4) is 0 Å². The summed E-state index contributed by atoms with van der Waals surface area (Å²) < 4.78 is 89.2. The molecule has 0 bridgehead atoms. The van der Waals surface area contributed by atoms with Gasteiger partial charge in [0.2, 0.25) is 0 Å². The molecule has 0 unspecified atom stereocenters. The maximum Gasteiger partial charge on any atom is 0.428 e. The number of carbonyl (C=O) groups is 1. The molecular weight excluding hydrogens is 381 g/mol. The summed E-state index contributed by atoms with van der Waals surface area (Å²) in [4.78, 5) is 20.9. The fourth-order valence-corrected chi connectivity index (χ4v) is 2.62. The summed E-state index contributed by atoms with van der Waals surface area (Å²) in [5.41, 5.74) is -1.81. The van der Waals surface area contributed by atoms with Crippen molar-refractivity contribution in [1.82, 2.24) is 4.57 Å². The predicted octanol–water partition coefficient (Wildman–Crippen LogP) is 3.72. The minimum absolute atomic E-state index is 0.178. The molecule has 12 heteroatoms. The number of rotatable bonds is 4. The summed E-state index contributed by atoms with van der Waals surface area (Å²) in [6.45, 7) is -1.15. The Morgan fingerprint density at radius 2 is 1.84 bits per heavy atom. The second-order valence-corrected chi connectivity index (χ2v) is 5.72. The van der Waals surface area contributed by atoms with E-state index in [0.717, 1.165) is 0 Å². The molecule has 1 N–H and O–H groups in total. The number of anilines is 1. The second kappa shape index (κ2) is 6.86. The number of alkyl halides is 5. The molecule has 0 fully saturated rings. The van der Waals surface area contributed by atoms with Gasteiger partial charge in [-0.15, -0.1) is 11.3 Å². The smallest absolute Gasteiger partial charge is 0.320 e. The Labute approximate surface area is 138 Å². The van der Waals surface area contributed by atoms with Crippen LogP contribution in [-0.4, -0.2) is 16.9 Å². The third-order valence-corrected chi connectivity index (χ3v) is 3.96. The van der Waals surface area contributed by atoms with Crippen LogP contribution in [0.25, 0.3) is 0 Å².